The average molecular weight is 263 g/mol. The van der Waals surface area contributed by atoms with Gasteiger partial charge in [-0.1, -0.05) is 6.92 Å². The lowest BCUT2D eigenvalue weighted by molar-refractivity contribution is 0.0931. The lowest BCUT2D eigenvalue weighted by atomic mass is 10.1. The molecule has 1 atom stereocenters. The van der Waals surface area contributed by atoms with Crippen molar-refractivity contribution in [2.75, 3.05) is 0 Å². The fourth-order valence-corrected chi connectivity index (χ4v) is 1.76. The van der Waals surface area contributed by atoms with E-state index in [1.54, 1.807) is 12.4 Å². The minimum absolute atomic E-state index is 0.0337. The number of aromatic hydroxyl groups is 1. The van der Waals surface area contributed by atoms with Gasteiger partial charge in [0.2, 0.25) is 0 Å². The van der Waals surface area contributed by atoms with Crippen LogP contribution in [0.15, 0.2) is 30.6 Å². The highest BCUT2D eigenvalue weighted by atomic mass is 19.1. The number of phenols is 1. The molecule has 1 aromatic carbocycles. The summed E-state index contributed by atoms with van der Waals surface area (Å²) in [7, 11) is 0. The van der Waals surface area contributed by atoms with Gasteiger partial charge in [-0.15, -0.1) is 0 Å². The van der Waals surface area contributed by atoms with Gasteiger partial charge in [-0.25, -0.2) is 9.37 Å². The molecule has 1 unspecified atom stereocenters. The van der Waals surface area contributed by atoms with Crippen LogP contribution in [0.25, 0.3) is 0 Å². The Balaban J connectivity index is 2.16. The second-order valence-electron chi connectivity index (χ2n) is 4.07. The third-order valence-corrected chi connectivity index (χ3v) is 2.77. The first-order valence-corrected chi connectivity index (χ1v) is 5.90. The molecule has 0 aliphatic rings. The topological polar surface area (TPSA) is 78.0 Å². The van der Waals surface area contributed by atoms with E-state index >= 15 is 0 Å². The van der Waals surface area contributed by atoms with E-state index in [0.29, 0.717) is 12.2 Å². The van der Waals surface area contributed by atoms with Crippen molar-refractivity contribution in [3.05, 3.63) is 47.8 Å². The summed E-state index contributed by atoms with van der Waals surface area (Å²) in [6.45, 7) is 1.90. The molecule has 19 heavy (non-hydrogen) atoms. The molecule has 5 nitrogen and oxygen atoms in total. The second kappa shape index (κ2) is 5.51. The maximum atomic E-state index is 12.9. The van der Waals surface area contributed by atoms with Gasteiger partial charge < -0.3 is 15.4 Å². The Kier molecular flexibility index (Phi) is 3.79. The Morgan fingerprint density at radius 3 is 2.95 bits per heavy atom. The Morgan fingerprint density at radius 1 is 1.58 bits per heavy atom. The summed E-state index contributed by atoms with van der Waals surface area (Å²) < 4.78 is 12.9. The SMILES string of the molecule is CCC(NC(=O)c1ccc(F)cc1O)c1ncc[nH]1. The molecule has 6 heteroatoms. The third kappa shape index (κ3) is 2.90. The van der Waals surface area contributed by atoms with Crippen LogP contribution >= 0.6 is 0 Å². The van der Waals surface area contributed by atoms with E-state index in [2.05, 4.69) is 15.3 Å². The zero-order valence-electron chi connectivity index (χ0n) is 10.4. The minimum Gasteiger partial charge on any atom is -0.507 e. The van der Waals surface area contributed by atoms with Crippen LogP contribution in [0.4, 0.5) is 4.39 Å². The quantitative estimate of drug-likeness (QED) is 0.790. The van der Waals surface area contributed by atoms with E-state index in [1.165, 1.54) is 6.07 Å². The molecule has 0 saturated carbocycles. The molecule has 100 valence electrons. The lowest BCUT2D eigenvalue weighted by Crippen LogP contribution is -2.29. The molecule has 0 radical (unpaired) electrons. The van der Waals surface area contributed by atoms with Crippen LogP contribution < -0.4 is 5.32 Å². The Labute approximate surface area is 109 Å². The van der Waals surface area contributed by atoms with E-state index in [9.17, 15) is 14.3 Å². The van der Waals surface area contributed by atoms with Crippen LogP contribution in [0.3, 0.4) is 0 Å². The number of hydrogen-bond donors (Lipinski definition) is 3. The summed E-state index contributed by atoms with van der Waals surface area (Å²) in [4.78, 5) is 19.0. The van der Waals surface area contributed by atoms with Crippen molar-refractivity contribution in [3.63, 3.8) is 0 Å². The fourth-order valence-electron chi connectivity index (χ4n) is 1.76. The van der Waals surface area contributed by atoms with Crippen LogP contribution in [0.5, 0.6) is 5.75 Å². The highest BCUT2D eigenvalue weighted by Crippen LogP contribution is 2.20. The number of rotatable bonds is 4. The van der Waals surface area contributed by atoms with Gasteiger partial charge in [0.15, 0.2) is 0 Å². The Bertz CT molecular complexity index is 569. The van der Waals surface area contributed by atoms with E-state index in [4.69, 9.17) is 0 Å². The summed E-state index contributed by atoms with van der Waals surface area (Å²) in [6.07, 6.45) is 3.90. The van der Waals surface area contributed by atoms with Crippen molar-refractivity contribution in [1.82, 2.24) is 15.3 Å². The first kappa shape index (κ1) is 13.1. The van der Waals surface area contributed by atoms with Gasteiger partial charge in [0.25, 0.3) is 5.91 Å². The molecule has 0 spiro atoms. The molecule has 1 heterocycles. The summed E-state index contributed by atoms with van der Waals surface area (Å²) in [5.41, 5.74) is 0.0337. The molecule has 2 rings (SSSR count). The van der Waals surface area contributed by atoms with Crippen LogP contribution in [-0.2, 0) is 0 Å². The number of hydrogen-bond acceptors (Lipinski definition) is 3. The average Bonchev–Trinajstić information content (AvgIpc) is 2.89. The number of aromatic amines is 1. The smallest absolute Gasteiger partial charge is 0.255 e. The van der Waals surface area contributed by atoms with Gasteiger partial charge in [-0.2, -0.15) is 0 Å². The maximum Gasteiger partial charge on any atom is 0.255 e. The number of carbonyl (C=O) groups excluding carboxylic acids is 1. The number of nitrogens with one attached hydrogen (secondary N) is 2. The number of benzene rings is 1. The number of aromatic nitrogens is 2. The molecule has 0 fully saturated rings. The molecule has 0 aliphatic heterocycles. The summed E-state index contributed by atoms with van der Waals surface area (Å²) in [6, 6.07) is 2.99. The monoisotopic (exact) mass is 263 g/mol. The van der Waals surface area contributed by atoms with Crippen molar-refractivity contribution < 1.29 is 14.3 Å². The molecular weight excluding hydrogens is 249 g/mol. The van der Waals surface area contributed by atoms with Crippen LogP contribution in [-0.4, -0.2) is 21.0 Å². The summed E-state index contributed by atoms with van der Waals surface area (Å²) in [5.74, 6) is -0.808. The lowest BCUT2D eigenvalue weighted by Gasteiger charge is -2.15. The third-order valence-electron chi connectivity index (χ3n) is 2.77. The molecule has 1 aromatic heterocycles. The molecule has 1 amide bonds. The zero-order valence-corrected chi connectivity index (χ0v) is 10.4. The molecular formula is C13H14FN3O2. The molecule has 0 bridgehead atoms. The predicted octanol–water partition coefficient (Wildman–Crippen LogP) is 2.14. The standard InChI is InChI=1S/C13H14FN3O2/c1-2-10(12-15-5-6-16-12)17-13(19)9-4-3-8(14)7-11(9)18/h3-7,10,18H,2H2,1H3,(H,15,16)(H,17,19). The van der Waals surface area contributed by atoms with E-state index in [0.717, 1.165) is 12.1 Å². The number of phenolic OH excluding ortho intramolecular Hbond substituents is 1. The summed E-state index contributed by atoms with van der Waals surface area (Å²) in [5, 5.41) is 12.3. The predicted molar refractivity (Wildman–Crippen MR) is 67.2 cm³/mol. The van der Waals surface area contributed by atoms with Crippen LogP contribution in [0.1, 0.15) is 35.6 Å². The molecule has 0 saturated heterocycles. The van der Waals surface area contributed by atoms with Gasteiger partial charge >= 0.3 is 0 Å². The number of amides is 1. The van der Waals surface area contributed by atoms with Gasteiger partial charge in [0.1, 0.15) is 17.4 Å². The van der Waals surface area contributed by atoms with Gasteiger partial charge in [0.05, 0.1) is 11.6 Å². The highest BCUT2D eigenvalue weighted by molar-refractivity contribution is 5.96. The fraction of sp³-hybridized carbons (Fsp3) is 0.231. The largest absolute Gasteiger partial charge is 0.507 e. The maximum absolute atomic E-state index is 12.9. The van der Waals surface area contributed by atoms with Crippen molar-refractivity contribution in [1.29, 1.82) is 0 Å². The second-order valence-corrected chi connectivity index (χ2v) is 4.07. The normalized spacial score (nSPS) is 12.1. The van der Waals surface area contributed by atoms with Gasteiger partial charge in [-0.05, 0) is 18.6 Å². The number of halogens is 1. The minimum atomic E-state index is -0.591. The van der Waals surface area contributed by atoms with Gasteiger partial charge in [0, 0.05) is 18.5 Å². The van der Waals surface area contributed by atoms with Crippen molar-refractivity contribution in [3.8, 4) is 5.75 Å². The van der Waals surface area contributed by atoms with Crippen molar-refractivity contribution in [2.45, 2.75) is 19.4 Å². The molecule has 0 aliphatic carbocycles. The molecule has 2 aromatic rings. The molecule has 3 N–H and O–H groups in total. The number of nitrogens with zero attached hydrogens (tertiary/aromatic N) is 1. The highest BCUT2D eigenvalue weighted by Gasteiger charge is 2.18. The van der Waals surface area contributed by atoms with Crippen molar-refractivity contribution >= 4 is 5.91 Å². The number of H-pyrrole nitrogens is 1. The number of carbonyl (C=O) groups is 1. The van der Waals surface area contributed by atoms with Crippen LogP contribution in [0, 0.1) is 5.82 Å². The Hall–Kier alpha value is -2.37. The zero-order chi connectivity index (χ0) is 13.8. The van der Waals surface area contributed by atoms with E-state index < -0.39 is 11.7 Å². The first-order valence-electron chi connectivity index (χ1n) is 5.90. The van der Waals surface area contributed by atoms with Crippen LogP contribution in [0.2, 0.25) is 0 Å². The number of imidazole rings is 1. The summed E-state index contributed by atoms with van der Waals surface area (Å²) >= 11 is 0. The van der Waals surface area contributed by atoms with Crippen molar-refractivity contribution in [2.24, 2.45) is 0 Å². The van der Waals surface area contributed by atoms with E-state index in [1.807, 2.05) is 6.92 Å². The first-order chi connectivity index (χ1) is 9.11. The van der Waals surface area contributed by atoms with E-state index in [-0.39, 0.29) is 17.4 Å². The Morgan fingerprint density at radius 2 is 2.37 bits per heavy atom. The van der Waals surface area contributed by atoms with Gasteiger partial charge in [-0.3, -0.25) is 4.79 Å².